The third-order valence-electron chi connectivity index (χ3n) is 3.86. The second-order valence-electron chi connectivity index (χ2n) is 6.81. The number of thiazole rings is 1. The first-order valence-electron chi connectivity index (χ1n) is 7.52. The molecule has 0 saturated heterocycles. The van der Waals surface area contributed by atoms with E-state index in [9.17, 15) is 0 Å². The second kappa shape index (κ2) is 5.34. The van der Waals surface area contributed by atoms with E-state index in [1.165, 1.54) is 28.4 Å². The van der Waals surface area contributed by atoms with Gasteiger partial charge in [-0.05, 0) is 36.6 Å². The van der Waals surface area contributed by atoms with Crippen molar-refractivity contribution in [2.24, 2.45) is 0 Å². The maximum Gasteiger partial charge on any atom is 0.0982 e. The number of hydrogen-bond donors (Lipinski definition) is 1. The Balaban J connectivity index is 1.82. The van der Waals surface area contributed by atoms with Gasteiger partial charge in [-0.3, -0.25) is 0 Å². The molecule has 0 fully saturated rings. The predicted octanol–water partition coefficient (Wildman–Crippen LogP) is 3.98. The molecule has 21 heavy (non-hydrogen) atoms. The van der Waals surface area contributed by atoms with Crippen molar-refractivity contribution in [1.29, 1.82) is 0 Å². The fourth-order valence-electron chi connectivity index (χ4n) is 2.78. The van der Waals surface area contributed by atoms with Crippen molar-refractivity contribution in [3.05, 3.63) is 39.8 Å². The molecule has 1 aromatic carbocycles. The summed E-state index contributed by atoms with van der Waals surface area (Å²) in [5.41, 5.74) is 10.8. The number of rotatable bonds is 2. The smallest absolute Gasteiger partial charge is 0.0982 e. The highest BCUT2D eigenvalue weighted by Gasteiger charge is 2.21. The van der Waals surface area contributed by atoms with Crippen LogP contribution in [0.1, 0.15) is 43.5 Å². The lowest BCUT2D eigenvalue weighted by Gasteiger charge is -2.31. The van der Waals surface area contributed by atoms with E-state index in [-0.39, 0.29) is 5.41 Å². The number of aryl methyl sites for hydroxylation is 1. The van der Waals surface area contributed by atoms with Crippen LogP contribution in [0.2, 0.25) is 0 Å². The summed E-state index contributed by atoms with van der Waals surface area (Å²) in [7, 11) is 0. The molecule has 0 aliphatic carbocycles. The van der Waals surface area contributed by atoms with Gasteiger partial charge in [0, 0.05) is 28.7 Å². The minimum atomic E-state index is 0.136. The van der Waals surface area contributed by atoms with Crippen LogP contribution in [0.25, 0.3) is 0 Å². The van der Waals surface area contributed by atoms with Gasteiger partial charge in [0.2, 0.25) is 0 Å². The number of aromatic nitrogens is 1. The summed E-state index contributed by atoms with van der Waals surface area (Å²) >= 11 is 1.77. The Bertz CT molecular complexity index is 640. The Morgan fingerprint density at radius 2 is 2.14 bits per heavy atom. The van der Waals surface area contributed by atoms with Gasteiger partial charge in [-0.1, -0.05) is 20.8 Å². The predicted molar refractivity (Wildman–Crippen MR) is 91.0 cm³/mol. The van der Waals surface area contributed by atoms with Crippen LogP contribution in [0.4, 0.5) is 11.4 Å². The van der Waals surface area contributed by atoms with Crippen molar-refractivity contribution in [3.63, 3.8) is 0 Å². The van der Waals surface area contributed by atoms with Gasteiger partial charge < -0.3 is 10.6 Å². The van der Waals surface area contributed by atoms with E-state index in [1.54, 1.807) is 11.3 Å². The number of nitrogens with two attached hydrogens (primary N) is 1. The molecule has 0 saturated carbocycles. The summed E-state index contributed by atoms with van der Waals surface area (Å²) in [5, 5.41) is 3.42. The van der Waals surface area contributed by atoms with E-state index in [4.69, 9.17) is 10.7 Å². The summed E-state index contributed by atoms with van der Waals surface area (Å²) in [6.07, 6.45) is 2.31. The summed E-state index contributed by atoms with van der Waals surface area (Å²) in [5.74, 6) is 0. The standard InChI is InChI=1S/C17H23N3S/c1-17(2,3)16-19-14(11-21-16)10-20-8-4-5-12-9-13(18)6-7-15(12)20/h6-7,9,11H,4-5,8,10,18H2,1-3H3. The fourth-order valence-corrected chi connectivity index (χ4v) is 3.68. The lowest BCUT2D eigenvalue weighted by atomic mass is 9.98. The van der Waals surface area contributed by atoms with Crippen LogP contribution >= 0.6 is 11.3 Å². The van der Waals surface area contributed by atoms with E-state index in [0.29, 0.717) is 0 Å². The SMILES string of the molecule is CC(C)(C)c1nc(CN2CCCc3cc(N)ccc32)cs1. The normalized spacial score (nSPS) is 15.1. The molecule has 1 aliphatic heterocycles. The first kappa shape index (κ1) is 14.4. The van der Waals surface area contributed by atoms with Crippen molar-refractivity contribution >= 4 is 22.7 Å². The molecule has 0 unspecified atom stereocenters. The number of hydrogen-bond acceptors (Lipinski definition) is 4. The van der Waals surface area contributed by atoms with Gasteiger partial charge >= 0.3 is 0 Å². The quantitative estimate of drug-likeness (QED) is 0.853. The topological polar surface area (TPSA) is 42.2 Å². The van der Waals surface area contributed by atoms with Crippen LogP contribution in [-0.4, -0.2) is 11.5 Å². The molecule has 3 rings (SSSR count). The van der Waals surface area contributed by atoms with Gasteiger partial charge in [0.25, 0.3) is 0 Å². The Morgan fingerprint density at radius 3 is 2.86 bits per heavy atom. The van der Waals surface area contributed by atoms with Crippen LogP contribution in [0.3, 0.4) is 0 Å². The summed E-state index contributed by atoms with van der Waals surface area (Å²) < 4.78 is 0. The molecule has 2 N–H and O–H groups in total. The van der Waals surface area contributed by atoms with E-state index in [2.05, 4.69) is 43.2 Å². The third kappa shape index (κ3) is 3.05. The van der Waals surface area contributed by atoms with Crippen LogP contribution in [0, 0.1) is 0 Å². The highest BCUT2D eigenvalue weighted by Crippen LogP contribution is 2.31. The molecular formula is C17H23N3S. The van der Waals surface area contributed by atoms with Crippen LogP contribution in [0.15, 0.2) is 23.6 Å². The molecule has 2 aromatic rings. The average Bonchev–Trinajstić information content (AvgIpc) is 2.87. The van der Waals surface area contributed by atoms with Crippen LogP contribution in [0.5, 0.6) is 0 Å². The van der Waals surface area contributed by atoms with Gasteiger partial charge in [0.1, 0.15) is 0 Å². The largest absolute Gasteiger partial charge is 0.399 e. The van der Waals surface area contributed by atoms with Crippen molar-refractivity contribution in [3.8, 4) is 0 Å². The Hall–Kier alpha value is -1.55. The summed E-state index contributed by atoms with van der Waals surface area (Å²) in [6, 6.07) is 6.27. The Morgan fingerprint density at radius 1 is 1.33 bits per heavy atom. The highest BCUT2D eigenvalue weighted by molar-refractivity contribution is 7.09. The highest BCUT2D eigenvalue weighted by atomic mass is 32.1. The zero-order valence-electron chi connectivity index (χ0n) is 13.0. The number of fused-ring (bicyclic) bond motifs is 1. The molecule has 0 amide bonds. The van der Waals surface area contributed by atoms with Crippen molar-refractivity contribution in [2.75, 3.05) is 17.2 Å². The van der Waals surface area contributed by atoms with Gasteiger partial charge in [-0.2, -0.15) is 0 Å². The lowest BCUT2D eigenvalue weighted by molar-refractivity contribution is 0.581. The van der Waals surface area contributed by atoms with Crippen LogP contribution < -0.4 is 10.6 Å². The third-order valence-corrected chi connectivity index (χ3v) is 5.18. The van der Waals surface area contributed by atoms with E-state index >= 15 is 0 Å². The molecule has 1 aliphatic rings. The summed E-state index contributed by atoms with van der Waals surface area (Å²) in [6.45, 7) is 8.64. The minimum Gasteiger partial charge on any atom is -0.399 e. The molecule has 1 aromatic heterocycles. The summed E-state index contributed by atoms with van der Waals surface area (Å²) in [4.78, 5) is 7.25. The van der Waals surface area contributed by atoms with Gasteiger partial charge in [-0.25, -0.2) is 4.98 Å². The molecule has 112 valence electrons. The monoisotopic (exact) mass is 301 g/mol. The zero-order valence-corrected chi connectivity index (χ0v) is 13.8. The number of anilines is 2. The first-order chi connectivity index (χ1) is 9.93. The fraction of sp³-hybridized carbons (Fsp3) is 0.471. The molecule has 2 heterocycles. The molecule has 0 bridgehead atoms. The maximum atomic E-state index is 5.90. The minimum absolute atomic E-state index is 0.136. The Kier molecular flexibility index (Phi) is 3.66. The maximum absolute atomic E-state index is 5.90. The molecule has 3 nitrogen and oxygen atoms in total. The van der Waals surface area contributed by atoms with Gasteiger partial charge in [0.05, 0.1) is 17.2 Å². The molecule has 0 spiro atoms. The van der Waals surface area contributed by atoms with Crippen molar-refractivity contribution < 1.29 is 0 Å². The lowest BCUT2D eigenvalue weighted by Crippen LogP contribution is -2.29. The van der Waals surface area contributed by atoms with Crippen molar-refractivity contribution in [1.82, 2.24) is 4.98 Å². The number of nitrogen functional groups attached to an aromatic ring is 1. The van der Waals surface area contributed by atoms with Crippen molar-refractivity contribution in [2.45, 2.75) is 45.6 Å². The van der Waals surface area contributed by atoms with Crippen LogP contribution in [-0.2, 0) is 18.4 Å². The average molecular weight is 301 g/mol. The molecule has 0 atom stereocenters. The van der Waals surface area contributed by atoms with Gasteiger partial charge in [0.15, 0.2) is 0 Å². The first-order valence-corrected chi connectivity index (χ1v) is 8.40. The molecule has 4 heteroatoms. The number of benzene rings is 1. The van der Waals surface area contributed by atoms with Gasteiger partial charge in [-0.15, -0.1) is 11.3 Å². The second-order valence-corrected chi connectivity index (χ2v) is 7.67. The Labute approximate surface area is 130 Å². The van der Waals surface area contributed by atoms with E-state index in [1.807, 2.05) is 6.07 Å². The molecule has 0 radical (unpaired) electrons. The number of nitrogens with zero attached hydrogens (tertiary/aromatic N) is 2. The molecular weight excluding hydrogens is 278 g/mol. The van der Waals surface area contributed by atoms with E-state index in [0.717, 1.165) is 25.2 Å². The van der Waals surface area contributed by atoms with E-state index < -0.39 is 0 Å². The zero-order chi connectivity index (χ0) is 15.0.